The molecule has 1 unspecified atom stereocenters. The van der Waals surface area contributed by atoms with Crippen molar-refractivity contribution in [2.24, 2.45) is 0 Å². The lowest BCUT2D eigenvalue weighted by Gasteiger charge is -2.35. The minimum atomic E-state index is -0.439. The Morgan fingerprint density at radius 2 is 2.42 bits per heavy atom. The number of nitrogens with zero attached hydrogens (tertiary/aromatic N) is 2. The van der Waals surface area contributed by atoms with Gasteiger partial charge in [-0.25, -0.2) is 4.79 Å². The minimum Gasteiger partial charge on any atom is -0.462 e. The van der Waals surface area contributed by atoms with E-state index in [1.54, 1.807) is 6.92 Å². The first-order valence-electron chi connectivity index (χ1n) is 6.48. The first-order valence-corrected chi connectivity index (χ1v) is 7.26. The van der Waals surface area contributed by atoms with E-state index in [0.717, 1.165) is 30.8 Å². The molecule has 0 saturated carbocycles. The number of ether oxygens (including phenoxy) is 1. The van der Waals surface area contributed by atoms with E-state index in [1.807, 2.05) is 4.90 Å². The van der Waals surface area contributed by atoms with Crippen molar-refractivity contribution in [3.63, 3.8) is 0 Å². The Kier molecular flexibility index (Phi) is 4.60. The molecule has 1 aromatic rings. The van der Waals surface area contributed by atoms with E-state index in [1.165, 1.54) is 11.5 Å². The highest BCUT2D eigenvalue weighted by molar-refractivity contribution is 7.11. The molecule has 1 aliphatic heterocycles. The number of esters is 1. The topological polar surface area (TPSA) is 88.7 Å². The minimum absolute atomic E-state index is 0.0294. The van der Waals surface area contributed by atoms with Crippen molar-refractivity contribution in [3.8, 4) is 0 Å². The van der Waals surface area contributed by atoms with Crippen molar-refractivity contribution in [1.82, 2.24) is 4.37 Å². The van der Waals surface area contributed by atoms with Crippen LogP contribution in [0.15, 0.2) is 0 Å². The van der Waals surface area contributed by atoms with Gasteiger partial charge < -0.3 is 20.5 Å². The highest BCUT2D eigenvalue weighted by Gasteiger charge is 2.30. The van der Waals surface area contributed by atoms with Gasteiger partial charge in [-0.1, -0.05) is 0 Å². The van der Waals surface area contributed by atoms with Gasteiger partial charge in [-0.3, -0.25) is 0 Å². The molecule has 1 atom stereocenters. The zero-order valence-corrected chi connectivity index (χ0v) is 11.8. The molecule has 0 radical (unpaired) electrons. The summed E-state index contributed by atoms with van der Waals surface area (Å²) in [4.78, 5) is 14.0. The predicted molar refractivity (Wildman–Crippen MR) is 74.6 cm³/mol. The van der Waals surface area contributed by atoms with Gasteiger partial charge in [0.15, 0.2) is 5.82 Å². The molecule has 0 bridgehead atoms. The van der Waals surface area contributed by atoms with E-state index in [4.69, 9.17) is 10.5 Å². The smallest absolute Gasteiger partial charge is 0.345 e. The fourth-order valence-corrected chi connectivity index (χ4v) is 3.24. The maximum Gasteiger partial charge on any atom is 0.345 e. The van der Waals surface area contributed by atoms with E-state index in [0.29, 0.717) is 12.2 Å². The Balaban J connectivity index is 2.30. The van der Waals surface area contributed by atoms with Crippen LogP contribution in [0.1, 0.15) is 36.5 Å². The van der Waals surface area contributed by atoms with Gasteiger partial charge in [-0.2, -0.15) is 4.37 Å². The van der Waals surface area contributed by atoms with E-state index < -0.39 is 5.97 Å². The lowest BCUT2D eigenvalue weighted by Crippen LogP contribution is -2.42. The van der Waals surface area contributed by atoms with Crippen LogP contribution in [0.5, 0.6) is 0 Å². The first-order chi connectivity index (χ1) is 9.19. The van der Waals surface area contributed by atoms with Crippen LogP contribution >= 0.6 is 11.5 Å². The van der Waals surface area contributed by atoms with Crippen molar-refractivity contribution in [2.45, 2.75) is 32.2 Å². The average Bonchev–Trinajstić information content (AvgIpc) is 2.80. The van der Waals surface area contributed by atoms with Crippen molar-refractivity contribution in [1.29, 1.82) is 0 Å². The number of hydrogen-bond donors (Lipinski definition) is 2. The monoisotopic (exact) mass is 285 g/mol. The number of nitrogens with two attached hydrogens (primary N) is 1. The molecule has 3 N–H and O–H groups in total. The van der Waals surface area contributed by atoms with Gasteiger partial charge in [0.2, 0.25) is 0 Å². The molecule has 0 spiro atoms. The summed E-state index contributed by atoms with van der Waals surface area (Å²) in [7, 11) is 0. The van der Waals surface area contributed by atoms with Gasteiger partial charge >= 0.3 is 5.97 Å². The van der Waals surface area contributed by atoms with Crippen LogP contribution < -0.4 is 10.6 Å². The summed E-state index contributed by atoms with van der Waals surface area (Å²) in [5, 5.41) is 10.2. The van der Waals surface area contributed by atoms with Gasteiger partial charge in [-0.15, -0.1) is 0 Å². The van der Waals surface area contributed by atoms with Crippen molar-refractivity contribution >= 4 is 28.3 Å². The van der Waals surface area contributed by atoms with Gasteiger partial charge in [0.1, 0.15) is 10.6 Å². The molecule has 1 aliphatic rings. The van der Waals surface area contributed by atoms with Crippen LogP contribution in [0.25, 0.3) is 0 Å². The highest BCUT2D eigenvalue weighted by atomic mass is 32.1. The number of aliphatic hydroxyl groups is 1. The molecule has 1 aromatic heterocycles. The van der Waals surface area contributed by atoms with Gasteiger partial charge in [0, 0.05) is 6.54 Å². The van der Waals surface area contributed by atoms with E-state index in [-0.39, 0.29) is 18.5 Å². The zero-order valence-electron chi connectivity index (χ0n) is 11.0. The van der Waals surface area contributed by atoms with Crippen LogP contribution in [-0.2, 0) is 4.74 Å². The number of carbonyl (C=O) groups is 1. The molecular formula is C12H19N3O3S. The van der Waals surface area contributed by atoms with Crippen molar-refractivity contribution in [2.75, 3.05) is 30.4 Å². The summed E-state index contributed by atoms with van der Waals surface area (Å²) in [6, 6.07) is 0.0294. The molecule has 0 amide bonds. The third-order valence-corrected chi connectivity index (χ3v) is 4.18. The molecule has 7 heteroatoms. The molecule has 106 valence electrons. The normalized spacial score (nSPS) is 19.5. The lowest BCUT2D eigenvalue weighted by molar-refractivity contribution is 0.0528. The Bertz CT molecular complexity index is 449. The molecule has 2 heterocycles. The van der Waals surface area contributed by atoms with E-state index >= 15 is 0 Å². The number of carbonyl (C=O) groups excluding carboxylic acids is 1. The fraction of sp³-hybridized carbons (Fsp3) is 0.667. The largest absolute Gasteiger partial charge is 0.462 e. The number of anilines is 2. The summed E-state index contributed by atoms with van der Waals surface area (Å²) in [5.41, 5.74) is 6.12. The summed E-state index contributed by atoms with van der Waals surface area (Å²) in [5.74, 6) is -0.230. The molecule has 1 fully saturated rings. The first kappa shape index (κ1) is 14.1. The number of hydrogen-bond acceptors (Lipinski definition) is 7. The van der Waals surface area contributed by atoms with Crippen LogP contribution in [0.4, 0.5) is 10.8 Å². The standard InChI is InChI=1S/C12H19N3O3S/c1-2-18-12(17)9-10(13)14-19-11(9)15-6-4-3-5-8(15)7-16/h8,16H,2-7H2,1H3,(H2,13,14). The molecular weight excluding hydrogens is 266 g/mol. The van der Waals surface area contributed by atoms with E-state index in [2.05, 4.69) is 4.37 Å². The third-order valence-electron chi connectivity index (χ3n) is 3.28. The highest BCUT2D eigenvalue weighted by Crippen LogP contribution is 2.35. The van der Waals surface area contributed by atoms with Gasteiger partial charge in [-0.05, 0) is 37.7 Å². The van der Waals surface area contributed by atoms with Gasteiger partial charge in [0.25, 0.3) is 0 Å². The third kappa shape index (κ3) is 2.82. The van der Waals surface area contributed by atoms with Crippen LogP contribution in [0.3, 0.4) is 0 Å². The lowest BCUT2D eigenvalue weighted by atomic mass is 10.0. The zero-order chi connectivity index (χ0) is 13.8. The van der Waals surface area contributed by atoms with Gasteiger partial charge in [0.05, 0.1) is 19.3 Å². The van der Waals surface area contributed by atoms with Crippen LogP contribution in [-0.4, -0.2) is 41.2 Å². The maximum atomic E-state index is 12.0. The molecule has 0 aromatic carbocycles. The molecule has 1 saturated heterocycles. The second-order valence-corrected chi connectivity index (χ2v) is 5.25. The molecule has 19 heavy (non-hydrogen) atoms. The SMILES string of the molecule is CCOC(=O)c1c(N)nsc1N1CCCCC1CO. The Morgan fingerprint density at radius 1 is 1.63 bits per heavy atom. The number of nitrogen functional groups attached to an aromatic ring is 1. The Hall–Kier alpha value is -1.34. The second kappa shape index (κ2) is 6.21. The average molecular weight is 285 g/mol. The number of aromatic nitrogens is 1. The summed E-state index contributed by atoms with van der Waals surface area (Å²) >= 11 is 1.19. The number of aliphatic hydroxyl groups excluding tert-OH is 1. The fourth-order valence-electron chi connectivity index (χ4n) is 2.34. The van der Waals surface area contributed by atoms with Crippen LogP contribution in [0.2, 0.25) is 0 Å². The number of rotatable bonds is 4. The maximum absolute atomic E-state index is 12.0. The Labute approximate surface area is 116 Å². The molecule has 6 nitrogen and oxygen atoms in total. The van der Waals surface area contributed by atoms with Crippen molar-refractivity contribution in [3.05, 3.63) is 5.56 Å². The summed E-state index contributed by atoms with van der Waals surface area (Å²) in [6.07, 6.45) is 3.04. The van der Waals surface area contributed by atoms with E-state index in [9.17, 15) is 9.90 Å². The van der Waals surface area contributed by atoms with Crippen LogP contribution in [0, 0.1) is 0 Å². The second-order valence-electron chi connectivity index (χ2n) is 4.49. The Morgan fingerprint density at radius 3 is 3.11 bits per heavy atom. The summed E-state index contributed by atoms with van der Waals surface area (Å²) < 4.78 is 9.09. The molecule has 2 rings (SSSR count). The van der Waals surface area contributed by atoms with Crippen molar-refractivity contribution < 1.29 is 14.6 Å². The predicted octanol–water partition coefficient (Wildman–Crippen LogP) is 1.25. The quantitative estimate of drug-likeness (QED) is 0.809. The molecule has 0 aliphatic carbocycles. The summed E-state index contributed by atoms with van der Waals surface area (Å²) in [6.45, 7) is 2.93. The number of piperidine rings is 1.